The largest absolute Gasteiger partial charge is 0.481 e. The van der Waals surface area contributed by atoms with E-state index in [4.69, 9.17) is 23.2 Å². The van der Waals surface area contributed by atoms with Gasteiger partial charge in [-0.3, -0.25) is 9.78 Å². The first-order chi connectivity index (χ1) is 15.5. The lowest BCUT2D eigenvalue weighted by Crippen LogP contribution is -2.33. The number of benzene rings is 2. The molecule has 1 aromatic heterocycles. The molecule has 0 aliphatic heterocycles. The summed E-state index contributed by atoms with van der Waals surface area (Å²) in [4.78, 5) is 16.1. The van der Waals surface area contributed by atoms with Gasteiger partial charge in [0.25, 0.3) is 0 Å². The van der Waals surface area contributed by atoms with Gasteiger partial charge >= 0.3 is 5.97 Å². The Labute approximate surface area is 198 Å². The Morgan fingerprint density at radius 3 is 2.41 bits per heavy atom. The van der Waals surface area contributed by atoms with Gasteiger partial charge in [-0.15, -0.1) is 0 Å². The average molecular weight is 469 g/mol. The van der Waals surface area contributed by atoms with Crippen molar-refractivity contribution < 1.29 is 9.90 Å². The van der Waals surface area contributed by atoms with Crippen LogP contribution in [0.15, 0.2) is 72.9 Å². The molecular weight excluding hydrogens is 443 g/mol. The zero-order valence-electron chi connectivity index (χ0n) is 17.6. The van der Waals surface area contributed by atoms with Gasteiger partial charge in [-0.2, -0.15) is 0 Å². The second-order valence-electron chi connectivity index (χ2n) is 8.36. The van der Waals surface area contributed by atoms with Gasteiger partial charge in [-0.1, -0.05) is 53.5 Å². The van der Waals surface area contributed by atoms with Crippen LogP contribution in [0.1, 0.15) is 60.5 Å². The highest BCUT2D eigenvalue weighted by molar-refractivity contribution is 6.30. The van der Waals surface area contributed by atoms with Crippen LogP contribution in [0.5, 0.6) is 0 Å². The molecule has 32 heavy (non-hydrogen) atoms. The Kier molecular flexibility index (Phi) is 7.46. The predicted octanol–water partition coefficient (Wildman–Crippen LogP) is 6.82. The smallest absolute Gasteiger partial charge is 0.303 e. The van der Waals surface area contributed by atoms with Crippen molar-refractivity contribution in [1.29, 1.82) is 0 Å². The van der Waals surface area contributed by atoms with Crippen LogP contribution in [0.3, 0.4) is 0 Å². The zero-order valence-corrected chi connectivity index (χ0v) is 19.1. The predicted molar refractivity (Wildman–Crippen MR) is 128 cm³/mol. The molecular formula is C26H26Cl2N2O2. The number of aromatic nitrogens is 1. The third-order valence-electron chi connectivity index (χ3n) is 6.04. The lowest BCUT2D eigenvalue weighted by atomic mass is 9.83. The Morgan fingerprint density at radius 1 is 1.00 bits per heavy atom. The minimum absolute atomic E-state index is 0.0701. The molecule has 1 saturated carbocycles. The number of carboxylic acid groups (broad SMARTS) is 1. The van der Waals surface area contributed by atoms with Gasteiger partial charge in [0.2, 0.25) is 0 Å². The van der Waals surface area contributed by atoms with E-state index in [1.807, 2.05) is 66.9 Å². The van der Waals surface area contributed by atoms with E-state index in [1.54, 1.807) is 0 Å². The number of carboxylic acids is 1. The average Bonchev–Trinajstić information content (AvgIpc) is 3.62. The number of aliphatic carboxylic acids is 1. The SMILES string of the molecule is O=C(O)CCC(c1cccc(Cl)c1)C(NC(c1ccccn1)C1CC1)c1ccc(Cl)cc1. The van der Waals surface area contributed by atoms with Crippen molar-refractivity contribution in [3.05, 3.63) is 99.8 Å². The first-order valence-electron chi connectivity index (χ1n) is 10.9. The molecule has 4 nitrogen and oxygen atoms in total. The van der Waals surface area contributed by atoms with Crippen LogP contribution < -0.4 is 5.32 Å². The first-order valence-corrected chi connectivity index (χ1v) is 11.7. The Bertz CT molecular complexity index is 1040. The molecule has 2 aromatic carbocycles. The number of carbonyl (C=O) groups is 1. The minimum atomic E-state index is -0.810. The van der Waals surface area contributed by atoms with E-state index in [2.05, 4.69) is 16.4 Å². The van der Waals surface area contributed by atoms with Crippen molar-refractivity contribution in [2.75, 3.05) is 0 Å². The summed E-state index contributed by atoms with van der Waals surface area (Å²) in [6.45, 7) is 0. The number of nitrogens with one attached hydrogen (secondary N) is 1. The fraction of sp³-hybridized carbons (Fsp3) is 0.308. The monoisotopic (exact) mass is 468 g/mol. The molecule has 2 N–H and O–H groups in total. The molecule has 0 amide bonds. The zero-order chi connectivity index (χ0) is 22.5. The third kappa shape index (κ3) is 5.89. The van der Waals surface area contributed by atoms with E-state index in [0.717, 1.165) is 29.7 Å². The van der Waals surface area contributed by atoms with E-state index < -0.39 is 5.97 Å². The molecule has 1 fully saturated rings. The fourth-order valence-corrected chi connectivity index (χ4v) is 4.63. The standard InChI is InChI=1S/C26H26Cl2N2O2/c27-20-11-9-17(10-12-20)25(30-26(18-7-8-18)23-6-1-2-15-29-23)22(13-14-24(31)32)19-4-3-5-21(28)16-19/h1-6,9-12,15-16,18,22,25-26,30H,7-8,13-14H2,(H,31,32). The summed E-state index contributed by atoms with van der Waals surface area (Å²) < 4.78 is 0. The molecule has 166 valence electrons. The first kappa shape index (κ1) is 22.8. The van der Waals surface area contributed by atoms with Crippen molar-refractivity contribution in [2.45, 2.75) is 43.7 Å². The van der Waals surface area contributed by atoms with Crippen LogP contribution >= 0.6 is 23.2 Å². The second kappa shape index (κ2) is 10.5. The van der Waals surface area contributed by atoms with Crippen LogP contribution in [-0.2, 0) is 4.79 Å². The topological polar surface area (TPSA) is 62.2 Å². The summed E-state index contributed by atoms with van der Waals surface area (Å²) in [5.41, 5.74) is 3.09. The van der Waals surface area contributed by atoms with Crippen LogP contribution in [0, 0.1) is 5.92 Å². The van der Waals surface area contributed by atoms with E-state index in [9.17, 15) is 9.90 Å². The van der Waals surface area contributed by atoms with Gasteiger partial charge in [-0.25, -0.2) is 0 Å². The molecule has 0 saturated heterocycles. The van der Waals surface area contributed by atoms with Crippen molar-refractivity contribution >= 4 is 29.2 Å². The van der Waals surface area contributed by atoms with E-state index in [1.165, 1.54) is 0 Å². The lowest BCUT2D eigenvalue weighted by molar-refractivity contribution is -0.137. The highest BCUT2D eigenvalue weighted by Crippen LogP contribution is 2.44. The van der Waals surface area contributed by atoms with Crippen LogP contribution in [-0.4, -0.2) is 16.1 Å². The lowest BCUT2D eigenvalue weighted by Gasteiger charge is -2.33. The van der Waals surface area contributed by atoms with Crippen LogP contribution in [0.4, 0.5) is 0 Å². The number of halogens is 2. The highest BCUT2D eigenvalue weighted by atomic mass is 35.5. The molecule has 3 aromatic rings. The highest BCUT2D eigenvalue weighted by Gasteiger charge is 2.37. The number of rotatable bonds is 10. The maximum atomic E-state index is 11.5. The number of hydrogen-bond acceptors (Lipinski definition) is 3. The summed E-state index contributed by atoms with van der Waals surface area (Å²) in [5.74, 6) is -0.384. The summed E-state index contributed by atoms with van der Waals surface area (Å²) in [6, 6.07) is 21.5. The van der Waals surface area contributed by atoms with E-state index >= 15 is 0 Å². The molecule has 4 rings (SSSR count). The van der Waals surface area contributed by atoms with Crippen molar-refractivity contribution in [3.63, 3.8) is 0 Å². The molecule has 0 radical (unpaired) electrons. The molecule has 1 heterocycles. The van der Waals surface area contributed by atoms with E-state index in [0.29, 0.717) is 22.4 Å². The van der Waals surface area contributed by atoms with Crippen molar-refractivity contribution in [1.82, 2.24) is 10.3 Å². The van der Waals surface area contributed by atoms with Crippen molar-refractivity contribution in [2.24, 2.45) is 5.92 Å². The minimum Gasteiger partial charge on any atom is -0.481 e. The molecule has 3 unspecified atom stereocenters. The summed E-state index contributed by atoms with van der Waals surface area (Å²) in [5, 5.41) is 14.6. The maximum absolute atomic E-state index is 11.5. The van der Waals surface area contributed by atoms with Crippen LogP contribution in [0.25, 0.3) is 0 Å². The van der Waals surface area contributed by atoms with Gasteiger partial charge in [0.05, 0.1) is 11.7 Å². The number of hydrogen-bond donors (Lipinski definition) is 2. The van der Waals surface area contributed by atoms with Gasteiger partial charge in [0.15, 0.2) is 0 Å². The quantitative estimate of drug-likeness (QED) is 0.342. The van der Waals surface area contributed by atoms with Crippen LogP contribution in [0.2, 0.25) is 10.0 Å². The van der Waals surface area contributed by atoms with Gasteiger partial charge in [0, 0.05) is 34.6 Å². The van der Waals surface area contributed by atoms with E-state index in [-0.39, 0.29) is 24.4 Å². The summed E-state index contributed by atoms with van der Waals surface area (Å²) >= 11 is 12.5. The Morgan fingerprint density at radius 2 is 1.78 bits per heavy atom. The number of pyridine rings is 1. The van der Waals surface area contributed by atoms with Gasteiger partial charge in [0.1, 0.15) is 0 Å². The second-order valence-corrected chi connectivity index (χ2v) is 9.23. The molecule has 3 atom stereocenters. The Balaban J connectivity index is 1.75. The van der Waals surface area contributed by atoms with Gasteiger partial charge < -0.3 is 10.4 Å². The molecule has 0 bridgehead atoms. The fourth-order valence-electron chi connectivity index (χ4n) is 4.30. The van der Waals surface area contributed by atoms with Gasteiger partial charge in [-0.05, 0) is 72.7 Å². The molecule has 0 spiro atoms. The normalized spacial score (nSPS) is 16.3. The number of nitrogens with zero attached hydrogens (tertiary/aromatic N) is 1. The molecule has 6 heteroatoms. The van der Waals surface area contributed by atoms with Crippen molar-refractivity contribution in [3.8, 4) is 0 Å². The summed E-state index contributed by atoms with van der Waals surface area (Å²) in [6.07, 6.45) is 4.68. The molecule has 1 aliphatic rings. The third-order valence-corrected chi connectivity index (χ3v) is 6.52. The maximum Gasteiger partial charge on any atom is 0.303 e. The summed E-state index contributed by atoms with van der Waals surface area (Å²) in [7, 11) is 0. The Hall–Kier alpha value is -2.40. The molecule has 1 aliphatic carbocycles.